The van der Waals surface area contributed by atoms with Gasteiger partial charge in [0.1, 0.15) is 0 Å². The van der Waals surface area contributed by atoms with Crippen LogP contribution in [-0.4, -0.2) is 9.97 Å². The molecule has 3 nitrogen and oxygen atoms in total. The molecule has 80 valence electrons. The molecular weight excluding hydrogens is 218 g/mol. The molecule has 0 atom stereocenters. The van der Waals surface area contributed by atoms with Crippen LogP contribution < -0.4 is 5.32 Å². The lowest BCUT2D eigenvalue weighted by Crippen LogP contribution is -1.98. The molecule has 0 unspecified atom stereocenters. The highest BCUT2D eigenvalue weighted by atomic mass is 32.1. The highest BCUT2D eigenvalue weighted by Crippen LogP contribution is 2.29. The molecule has 0 bridgehead atoms. The van der Waals surface area contributed by atoms with Crippen molar-refractivity contribution in [2.75, 3.05) is 5.32 Å². The van der Waals surface area contributed by atoms with Crippen molar-refractivity contribution in [1.29, 1.82) is 0 Å². The number of benzene rings is 1. The number of thiophene rings is 1. The molecule has 2 N–H and O–H groups in total. The predicted molar refractivity (Wildman–Crippen MR) is 67.7 cm³/mol. The van der Waals surface area contributed by atoms with Gasteiger partial charge in [0.05, 0.1) is 24.3 Å². The van der Waals surface area contributed by atoms with Crippen LogP contribution in [0.25, 0.3) is 10.1 Å². The van der Waals surface area contributed by atoms with Crippen LogP contribution in [0, 0.1) is 0 Å². The van der Waals surface area contributed by atoms with Crippen molar-refractivity contribution in [3.8, 4) is 0 Å². The van der Waals surface area contributed by atoms with E-state index in [0.717, 1.165) is 12.2 Å². The van der Waals surface area contributed by atoms with Crippen molar-refractivity contribution >= 4 is 27.1 Å². The lowest BCUT2D eigenvalue weighted by Gasteiger charge is -2.02. The van der Waals surface area contributed by atoms with Gasteiger partial charge in [0.15, 0.2) is 0 Å². The number of rotatable bonds is 3. The Hall–Kier alpha value is -1.81. The normalized spacial score (nSPS) is 10.8. The Morgan fingerprint density at radius 3 is 3.12 bits per heavy atom. The van der Waals surface area contributed by atoms with E-state index in [1.165, 1.54) is 15.8 Å². The number of fused-ring (bicyclic) bond motifs is 1. The fourth-order valence-corrected chi connectivity index (χ4v) is 2.60. The largest absolute Gasteiger partial charge is 0.378 e. The molecule has 16 heavy (non-hydrogen) atoms. The third-order valence-corrected chi connectivity index (χ3v) is 3.47. The van der Waals surface area contributed by atoms with E-state index in [1.807, 2.05) is 6.20 Å². The number of nitrogens with one attached hydrogen (secondary N) is 2. The summed E-state index contributed by atoms with van der Waals surface area (Å²) in [5.41, 5.74) is 2.28. The molecule has 0 aliphatic rings. The maximum Gasteiger partial charge on any atom is 0.0922 e. The SMILES string of the molecule is c1ccc2c(NCc3cnc[nH]3)csc2c1. The quantitative estimate of drug-likeness (QED) is 0.724. The van der Waals surface area contributed by atoms with Crippen LogP contribution in [0.1, 0.15) is 5.69 Å². The summed E-state index contributed by atoms with van der Waals surface area (Å²) in [5, 5.41) is 6.85. The summed E-state index contributed by atoms with van der Waals surface area (Å²) in [4.78, 5) is 7.07. The van der Waals surface area contributed by atoms with Gasteiger partial charge in [-0.2, -0.15) is 0 Å². The lowest BCUT2D eigenvalue weighted by molar-refractivity contribution is 1.08. The Labute approximate surface area is 97.2 Å². The molecule has 0 fully saturated rings. The third kappa shape index (κ3) is 1.67. The van der Waals surface area contributed by atoms with Crippen molar-refractivity contribution in [3.05, 3.63) is 47.9 Å². The van der Waals surface area contributed by atoms with Gasteiger partial charge < -0.3 is 10.3 Å². The second kappa shape index (κ2) is 3.98. The second-order valence-corrected chi connectivity index (χ2v) is 4.49. The Bertz CT molecular complexity index is 583. The van der Waals surface area contributed by atoms with E-state index in [9.17, 15) is 0 Å². The van der Waals surface area contributed by atoms with Crippen molar-refractivity contribution < 1.29 is 0 Å². The average Bonchev–Trinajstić information content (AvgIpc) is 2.96. The molecule has 0 aliphatic carbocycles. The Kier molecular flexibility index (Phi) is 2.34. The Morgan fingerprint density at radius 1 is 1.31 bits per heavy atom. The van der Waals surface area contributed by atoms with E-state index >= 15 is 0 Å². The third-order valence-electron chi connectivity index (χ3n) is 2.51. The zero-order valence-electron chi connectivity index (χ0n) is 8.60. The molecular formula is C12H11N3S. The number of imidazole rings is 1. The molecule has 2 aromatic heterocycles. The monoisotopic (exact) mass is 229 g/mol. The first-order valence-electron chi connectivity index (χ1n) is 5.11. The zero-order chi connectivity index (χ0) is 10.8. The minimum atomic E-state index is 0.778. The van der Waals surface area contributed by atoms with Gasteiger partial charge in [0.2, 0.25) is 0 Å². The molecule has 3 aromatic rings. The van der Waals surface area contributed by atoms with Crippen molar-refractivity contribution in [2.45, 2.75) is 6.54 Å². The molecule has 3 rings (SSSR count). The molecule has 4 heteroatoms. The van der Waals surface area contributed by atoms with Crippen LogP contribution in [0.2, 0.25) is 0 Å². The minimum absolute atomic E-state index is 0.778. The number of anilines is 1. The van der Waals surface area contributed by atoms with Crippen LogP contribution in [0.4, 0.5) is 5.69 Å². The molecule has 1 aromatic carbocycles. The van der Waals surface area contributed by atoms with Gasteiger partial charge >= 0.3 is 0 Å². The molecule has 0 spiro atoms. The number of hydrogen-bond donors (Lipinski definition) is 2. The summed E-state index contributed by atoms with van der Waals surface area (Å²) in [6, 6.07) is 8.41. The van der Waals surface area contributed by atoms with E-state index in [-0.39, 0.29) is 0 Å². The van der Waals surface area contributed by atoms with Gasteiger partial charge in [-0.3, -0.25) is 0 Å². The Balaban J connectivity index is 1.84. The fraction of sp³-hybridized carbons (Fsp3) is 0.0833. The molecule has 0 saturated heterocycles. The van der Waals surface area contributed by atoms with Gasteiger partial charge in [-0.15, -0.1) is 11.3 Å². The summed E-state index contributed by atoms with van der Waals surface area (Å²) >= 11 is 1.76. The maximum atomic E-state index is 3.99. The van der Waals surface area contributed by atoms with Gasteiger partial charge in [-0.25, -0.2) is 4.98 Å². The van der Waals surface area contributed by atoms with Crippen LogP contribution in [0.5, 0.6) is 0 Å². The molecule has 0 amide bonds. The number of H-pyrrole nitrogens is 1. The standard InChI is InChI=1S/C12H11N3S/c1-2-4-12-10(3-1)11(7-16-12)14-6-9-5-13-8-15-9/h1-5,7-8,14H,6H2,(H,13,15). The zero-order valence-corrected chi connectivity index (χ0v) is 9.42. The molecule has 2 heterocycles. The first kappa shape index (κ1) is 9.42. The van der Waals surface area contributed by atoms with Gasteiger partial charge in [-0.1, -0.05) is 18.2 Å². The smallest absolute Gasteiger partial charge is 0.0922 e. The summed E-state index contributed by atoms with van der Waals surface area (Å²) in [5.74, 6) is 0. The van der Waals surface area contributed by atoms with Crippen LogP contribution in [0.3, 0.4) is 0 Å². The highest BCUT2D eigenvalue weighted by molar-refractivity contribution is 7.17. The summed E-state index contributed by atoms with van der Waals surface area (Å²) < 4.78 is 1.31. The number of aromatic amines is 1. The van der Waals surface area contributed by atoms with Gasteiger partial charge in [0, 0.05) is 21.7 Å². The van der Waals surface area contributed by atoms with Crippen LogP contribution >= 0.6 is 11.3 Å². The second-order valence-electron chi connectivity index (χ2n) is 3.58. The number of aromatic nitrogens is 2. The molecule has 0 radical (unpaired) electrons. The van der Waals surface area contributed by atoms with E-state index in [1.54, 1.807) is 17.7 Å². The van der Waals surface area contributed by atoms with Gasteiger partial charge in [0.25, 0.3) is 0 Å². The summed E-state index contributed by atoms with van der Waals surface area (Å²) in [6.45, 7) is 0.778. The first-order chi connectivity index (χ1) is 7.93. The van der Waals surface area contributed by atoms with Crippen LogP contribution in [0.15, 0.2) is 42.2 Å². The summed E-state index contributed by atoms with van der Waals surface area (Å²) in [6.07, 6.45) is 3.53. The molecule has 0 saturated carbocycles. The van der Waals surface area contributed by atoms with Gasteiger partial charge in [-0.05, 0) is 6.07 Å². The van der Waals surface area contributed by atoms with E-state index in [0.29, 0.717) is 0 Å². The van der Waals surface area contributed by atoms with Crippen molar-refractivity contribution in [2.24, 2.45) is 0 Å². The topological polar surface area (TPSA) is 40.7 Å². The van der Waals surface area contributed by atoms with Crippen molar-refractivity contribution in [3.63, 3.8) is 0 Å². The molecule has 0 aliphatic heterocycles. The maximum absolute atomic E-state index is 3.99. The predicted octanol–water partition coefficient (Wildman–Crippen LogP) is 3.24. The van der Waals surface area contributed by atoms with E-state index in [2.05, 4.69) is 44.9 Å². The summed E-state index contributed by atoms with van der Waals surface area (Å²) in [7, 11) is 0. The average molecular weight is 229 g/mol. The van der Waals surface area contributed by atoms with Crippen molar-refractivity contribution in [1.82, 2.24) is 9.97 Å². The Morgan fingerprint density at radius 2 is 2.25 bits per heavy atom. The highest BCUT2D eigenvalue weighted by Gasteiger charge is 2.02. The van der Waals surface area contributed by atoms with E-state index < -0.39 is 0 Å². The lowest BCUT2D eigenvalue weighted by atomic mass is 10.2. The minimum Gasteiger partial charge on any atom is -0.378 e. The first-order valence-corrected chi connectivity index (χ1v) is 5.99. The van der Waals surface area contributed by atoms with Crippen LogP contribution in [-0.2, 0) is 6.54 Å². The number of nitrogens with zero attached hydrogens (tertiary/aromatic N) is 1. The fourth-order valence-electron chi connectivity index (χ4n) is 1.69. The van der Waals surface area contributed by atoms with E-state index in [4.69, 9.17) is 0 Å². The number of hydrogen-bond acceptors (Lipinski definition) is 3.